The monoisotopic (exact) mass is 140 g/mol. The molecule has 0 spiro atoms. The molecule has 0 aliphatic heterocycles. The van der Waals surface area contributed by atoms with Gasteiger partial charge in [-0.1, -0.05) is 31.2 Å². The summed E-state index contributed by atoms with van der Waals surface area (Å²) in [5, 5.41) is 0. The zero-order valence-electron chi connectivity index (χ0n) is 6.52. The Bertz CT molecular complexity index is 164. The van der Waals surface area contributed by atoms with Crippen LogP contribution in [0.5, 0.6) is 0 Å². The molecule has 0 bridgehead atoms. The normalized spacial score (nSPS) is 12.5. The van der Waals surface area contributed by atoms with Crippen molar-refractivity contribution in [1.82, 2.24) is 0 Å². The summed E-state index contributed by atoms with van der Waals surface area (Å²) in [7, 11) is 0. The van der Waals surface area contributed by atoms with E-state index in [0.29, 0.717) is 0 Å². The van der Waals surface area contributed by atoms with Gasteiger partial charge in [0, 0.05) is 0 Å². The predicted octanol–water partition coefficient (Wildman–Crippen LogP) is 3.38. The molecule has 0 aromatic heterocycles. The Morgan fingerprint density at radius 2 is 2.10 bits per heavy atom. The molecule has 0 aromatic carbocycles. The zero-order valence-corrected chi connectivity index (χ0v) is 6.52. The van der Waals surface area contributed by atoms with Crippen LogP contribution in [-0.2, 0) is 0 Å². The van der Waals surface area contributed by atoms with E-state index in [2.05, 4.69) is 6.58 Å². The Labute approximate surface area is 61.8 Å². The summed E-state index contributed by atoms with van der Waals surface area (Å²) in [4.78, 5) is 0. The van der Waals surface area contributed by atoms with Crippen LogP contribution in [0, 0.1) is 0 Å². The smallest absolute Gasteiger partial charge is 0.116 e. The Morgan fingerprint density at radius 3 is 2.40 bits per heavy atom. The molecule has 0 N–H and O–H groups in total. The molecule has 0 aromatic rings. The van der Waals surface area contributed by atoms with E-state index in [9.17, 15) is 4.39 Å². The van der Waals surface area contributed by atoms with E-state index in [1.807, 2.05) is 19.9 Å². The SMILES string of the molecule is C=C(F)/C=C\C(=C/C)CC. The van der Waals surface area contributed by atoms with Gasteiger partial charge in [0.15, 0.2) is 0 Å². The van der Waals surface area contributed by atoms with Crippen molar-refractivity contribution < 1.29 is 4.39 Å². The summed E-state index contributed by atoms with van der Waals surface area (Å²) in [6.07, 6.45) is 6.00. The maximum atomic E-state index is 12.0. The van der Waals surface area contributed by atoms with Crippen LogP contribution >= 0.6 is 0 Å². The van der Waals surface area contributed by atoms with E-state index in [4.69, 9.17) is 0 Å². The maximum absolute atomic E-state index is 12.0. The van der Waals surface area contributed by atoms with Crippen molar-refractivity contribution in [3.05, 3.63) is 36.2 Å². The molecule has 0 aliphatic carbocycles. The van der Waals surface area contributed by atoms with Crippen LogP contribution in [0.15, 0.2) is 36.2 Å². The molecule has 10 heavy (non-hydrogen) atoms. The average Bonchev–Trinajstić information content (AvgIpc) is 1.90. The summed E-state index contributed by atoms with van der Waals surface area (Å²) in [6.45, 7) is 7.08. The number of halogens is 1. The zero-order chi connectivity index (χ0) is 7.98. The molecule has 0 aliphatic rings. The van der Waals surface area contributed by atoms with Gasteiger partial charge in [-0.15, -0.1) is 0 Å². The van der Waals surface area contributed by atoms with Gasteiger partial charge in [0.05, 0.1) is 0 Å². The molecule has 0 fully saturated rings. The van der Waals surface area contributed by atoms with Crippen molar-refractivity contribution in [1.29, 1.82) is 0 Å². The Kier molecular flexibility index (Phi) is 4.55. The van der Waals surface area contributed by atoms with Gasteiger partial charge < -0.3 is 0 Å². The highest BCUT2D eigenvalue weighted by molar-refractivity contribution is 5.22. The number of allylic oxidation sites excluding steroid dienone is 5. The van der Waals surface area contributed by atoms with Crippen molar-refractivity contribution in [2.45, 2.75) is 20.3 Å². The first-order valence-corrected chi connectivity index (χ1v) is 3.38. The molecule has 0 radical (unpaired) electrons. The molecule has 0 nitrogen and oxygen atoms in total. The van der Waals surface area contributed by atoms with Gasteiger partial charge in [0.25, 0.3) is 0 Å². The molecule has 0 saturated carbocycles. The third-order valence-corrected chi connectivity index (χ3v) is 1.26. The van der Waals surface area contributed by atoms with Crippen LogP contribution in [0.3, 0.4) is 0 Å². The second-order valence-corrected chi connectivity index (χ2v) is 2.00. The second kappa shape index (κ2) is 4.98. The van der Waals surface area contributed by atoms with Gasteiger partial charge in [-0.25, -0.2) is 4.39 Å². The highest BCUT2D eigenvalue weighted by Gasteiger charge is 1.84. The number of hydrogen-bond donors (Lipinski definition) is 0. The summed E-state index contributed by atoms with van der Waals surface area (Å²) < 4.78 is 12.0. The van der Waals surface area contributed by atoms with E-state index < -0.39 is 5.83 Å². The average molecular weight is 140 g/mol. The van der Waals surface area contributed by atoms with E-state index in [1.165, 1.54) is 6.08 Å². The van der Waals surface area contributed by atoms with Crippen molar-refractivity contribution >= 4 is 0 Å². The van der Waals surface area contributed by atoms with E-state index in [1.54, 1.807) is 6.08 Å². The molecule has 1 heteroatoms. The van der Waals surface area contributed by atoms with Crippen molar-refractivity contribution in [3.63, 3.8) is 0 Å². The molecular formula is C9H13F. The lowest BCUT2D eigenvalue weighted by molar-refractivity contribution is 0.671. The lowest BCUT2D eigenvalue weighted by atomic mass is 10.2. The van der Waals surface area contributed by atoms with Crippen LogP contribution in [0.1, 0.15) is 20.3 Å². The largest absolute Gasteiger partial charge is 0.208 e. The lowest BCUT2D eigenvalue weighted by Crippen LogP contribution is -1.71. The highest BCUT2D eigenvalue weighted by Crippen LogP contribution is 2.04. The molecule has 0 atom stereocenters. The topological polar surface area (TPSA) is 0 Å². The minimum atomic E-state index is -0.396. The van der Waals surface area contributed by atoms with Crippen LogP contribution in [-0.4, -0.2) is 0 Å². The third-order valence-electron chi connectivity index (χ3n) is 1.26. The summed E-state index contributed by atoms with van der Waals surface area (Å²) in [5.41, 5.74) is 1.12. The first kappa shape index (κ1) is 9.15. The maximum Gasteiger partial charge on any atom is 0.116 e. The number of hydrogen-bond acceptors (Lipinski definition) is 0. The number of rotatable bonds is 3. The molecule has 56 valence electrons. The van der Waals surface area contributed by atoms with Gasteiger partial charge in [0.1, 0.15) is 5.83 Å². The van der Waals surface area contributed by atoms with E-state index >= 15 is 0 Å². The molecule has 0 unspecified atom stereocenters. The molecule has 0 saturated heterocycles. The first-order chi connectivity index (χ1) is 4.70. The second-order valence-electron chi connectivity index (χ2n) is 2.00. The predicted molar refractivity (Wildman–Crippen MR) is 43.4 cm³/mol. The fraction of sp³-hybridized carbons (Fsp3) is 0.333. The van der Waals surface area contributed by atoms with Gasteiger partial charge in [-0.2, -0.15) is 0 Å². The lowest BCUT2D eigenvalue weighted by Gasteiger charge is -1.91. The van der Waals surface area contributed by atoms with Crippen LogP contribution in [0.25, 0.3) is 0 Å². The van der Waals surface area contributed by atoms with Gasteiger partial charge in [-0.3, -0.25) is 0 Å². The quantitative estimate of drug-likeness (QED) is 0.527. The summed E-state index contributed by atoms with van der Waals surface area (Å²) >= 11 is 0. The van der Waals surface area contributed by atoms with Crippen LogP contribution in [0.4, 0.5) is 4.39 Å². The van der Waals surface area contributed by atoms with Crippen LogP contribution in [0.2, 0.25) is 0 Å². The first-order valence-electron chi connectivity index (χ1n) is 3.38. The standard InChI is InChI=1S/C9H13F/c1-4-9(5-2)7-6-8(3)10/h4,6-7H,3,5H2,1-2H3/b7-6-,9-4-. The highest BCUT2D eigenvalue weighted by atomic mass is 19.1. The Morgan fingerprint density at radius 1 is 1.50 bits per heavy atom. The van der Waals surface area contributed by atoms with Gasteiger partial charge >= 0.3 is 0 Å². The van der Waals surface area contributed by atoms with E-state index in [0.717, 1.165) is 12.0 Å². The minimum Gasteiger partial charge on any atom is -0.208 e. The third kappa shape index (κ3) is 4.07. The van der Waals surface area contributed by atoms with Gasteiger partial charge in [-0.05, 0) is 19.4 Å². The van der Waals surface area contributed by atoms with Crippen molar-refractivity contribution in [2.24, 2.45) is 0 Å². The van der Waals surface area contributed by atoms with Crippen LogP contribution < -0.4 is 0 Å². The van der Waals surface area contributed by atoms with Crippen molar-refractivity contribution in [3.8, 4) is 0 Å². The fourth-order valence-electron chi connectivity index (χ4n) is 0.616. The summed E-state index contributed by atoms with van der Waals surface area (Å²) in [6, 6.07) is 0. The summed E-state index contributed by atoms with van der Waals surface area (Å²) in [5.74, 6) is -0.396. The molecule has 0 amide bonds. The fourth-order valence-corrected chi connectivity index (χ4v) is 0.616. The Hall–Kier alpha value is -0.850. The van der Waals surface area contributed by atoms with E-state index in [-0.39, 0.29) is 0 Å². The molecule has 0 rings (SSSR count). The van der Waals surface area contributed by atoms with Gasteiger partial charge in [0.2, 0.25) is 0 Å². The molecule has 0 heterocycles. The van der Waals surface area contributed by atoms with Crippen molar-refractivity contribution in [2.75, 3.05) is 0 Å². The Balaban J connectivity index is 3.98. The minimum absolute atomic E-state index is 0.396. The molecular weight excluding hydrogens is 127 g/mol.